The summed E-state index contributed by atoms with van der Waals surface area (Å²) in [6.45, 7) is 8.89. The number of ether oxygens (including phenoxy) is 5. The average molecular weight is 988 g/mol. The van der Waals surface area contributed by atoms with Crippen molar-refractivity contribution in [1.82, 2.24) is 44.9 Å². The Kier molecular flexibility index (Phi) is 14.5. The van der Waals surface area contributed by atoms with Crippen molar-refractivity contribution in [3.8, 4) is 45.3 Å². The highest BCUT2D eigenvalue weighted by atomic mass is 19.1. The van der Waals surface area contributed by atoms with Gasteiger partial charge in [-0.2, -0.15) is 0 Å². The maximum atomic E-state index is 15.1. The lowest BCUT2D eigenvalue weighted by Gasteiger charge is -2.31. The fraction of sp³-hybridized carbons (Fsp3) is 0.434. The van der Waals surface area contributed by atoms with Crippen LogP contribution in [0, 0.1) is 11.8 Å². The molecule has 0 spiro atoms. The summed E-state index contributed by atoms with van der Waals surface area (Å²) < 4.78 is 45.3. The summed E-state index contributed by atoms with van der Waals surface area (Å²) in [4.78, 5) is 71.6. The summed E-state index contributed by atoms with van der Waals surface area (Å²) in [6, 6.07) is 19.6. The first kappa shape index (κ1) is 49.6. The van der Waals surface area contributed by atoms with Crippen molar-refractivity contribution < 1.29 is 47.3 Å². The second-order valence-corrected chi connectivity index (χ2v) is 19.2. The van der Waals surface area contributed by atoms with Crippen molar-refractivity contribution in [2.24, 2.45) is 11.8 Å². The Morgan fingerprint density at radius 2 is 1.44 bits per heavy atom. The van der Waals surface area contributed by atoms with E-state index in [1.165, 1.54) is 19.1 Å². The predicted octanol–water partition coefficient (Wildman–Crippen LogP) is 8.48. The predicted molar refractivity (Wildman–Crippen MR) is 266 cm³/mol. The minimum absolute atomic E-state index is 0.0625. The number of aromatic amines is 2. The van der Waals surface area contributed by atoms with Gasteiger partial charge in [0.1, 0.15) is 41.4 Å². The highest BCUT2D eigenvalue weighted by molar-refractivity contribution is 5.93. The van der Waals surface area contributed by atoms with Gasteiger partial charge in [0.05, 0.1) is 74.4 Å². The van der Waals surface area contributed by atoms with Gasteiger partial charge in [0, 0.05) is 60.7 Å². The van der Waals surface area contributed by atoms with Crippen LogP contribution in [0.15, 0.2) is 79.1 Å². The normalized spacial score (nSPS) is 19.2. The molecule has 18 nitrogen and oxygen atoms in total. The highest BCUT2D eigenvalue weighted by Crippen LogP contribution is 2.47. The number of methoxy groups -OCH3 is 3. The summed E-state index contributed by atoms with van der Waals surface area (Å²) in [5.41, 5.74) is 6.71. The van der Waals surface area contributed by atoms with Crippen LogP contribution in [0.1, 0.15) is 88.9 Å². The standard InChI is InChI=1S/C53H62FN9O9/c1-29(2)45(59-52(66)69-6)49(64)61-18-9-13-41(61)47-55-27-39(57-47)32-14-16-37-42-23-34-21-31(38-26-56-48(58-38)43-25-35(54)28-62(43)50(65)46(30(3)4)60-53(67)70-7)15-17-40(34)63(42)51(72-44(37)24-32)33-11-8-12-36(22-33)71-20-10-19-68-5/h8,11-12,14-17,21-24,26-27,29-30,35,41,43,45-46,51H,9-10,13,18-20,25,28H2,1-7H3,(H,55,57)(H,56,58)(H,59,66)(H,60,67). The zero-order chi connectivity index (χ0) is 50.8. The third kappa shape index (κ3) is 9.93. The van der Waals surface area contributed by atoms with Gasteiger partial charge in [0.2, 0.25) is 18.0 Å². The Morgan fingerprint density at radius 3 is 2.11 bits per heavy atom. The molecular formula is C53H62FN9O9. The molecule has 3 aliphatic rings. The highest BCUT2D eigenvalue weighted by Gasteiger charge is 2.42. The number of imidazole rings is 2. The Hall–Kier alpha value is -7.41. The fourth-order valence-electron chi connectivity index (χ4n) is 10.1. The van der Waals surface area contributed by atoms with Crippen molar-refractivity contribution in [3.63, 3.8) is 0 Å². The van der Waals surface area contributed by atoms with Crippen LogP contribution in [0.4, 0.5) is 14.0 Å². The zero-order valence-electron chi connectivity index (χ0n) is 41.6. The SMILES string of the molecule is COCCCOc1cccc(C2Oc3cc(-c4cnc(C5CCCN5C(=O)C(NC(=O)OC)C(C)C)[nH]4)ccc3-c3cc4cc(-c5cnc(C6CC(F)CN6C(=O)C(NC(=O)OC)C(C)C)[nH]5)ccc4n32)c1. The number of carbonyl (C=O) groups is 4. The van der Waals surface area contributed by atoms with E-state index in [9.17, 15) is 19.2 Å². The number of hydrogen-bond acceptors (Lipinski definition) is 11. The van der Waals surface area contributed by atoms with Gasteiger partial charge in [0.15, 0.2) is 0 Å². The van der Waals surface area contributed by atoms with E-state index in [1.807, 2.05) is 82.3 Å². The van der Waals surface area contributed by atoms with Crippen LogP contribution in [0.5, 0.6) is 11.5 Å². The summed E-state index contributed by atoms with van der Waals surface area (Å²) in [7, 11) is 4.18. The monoisotopic (exact) mass is 987 g/mol. The van der Waals surface area contributed by atoms with Gasteiger partial charge in [-0.1, -0.05) is 52.0 Å². The second-order valence-electron chi connectivity index (χ2n) is 19.2. The van der Waals surface area contributed by atoms with Crippen LogP contribution in [-0.2, 0) is 23.8 Å². The zero-order valence-corrected chi connectivity index (χ0v) is 41.6. The van der Waals surface area contributed by atoms with Gasteiger partial charge in [-0.3, -0.25) is 9.59 Å². The Labute approximate surface area is 416 Å². The molecule has 2 saturated heterocycles. The van der Waals surface area contributed by atoms with Crippen LogP contribution < -0.4 is 20.1 Å². The van der Waals surface area contributed by atoms with E-state index in [1.54, 1.807) is 24.4 Å². The Bertz CT molecular complexity index is 2950. The number of benzene rings is 3. The summed E-state index contributed by atoms with van der Waals surface area (Å²) in [5.74, 6) is 1.45. The van der Waals surface area contributed by atoms with Crippen molar-refractivity contribution >= 4 is 34.9 Å². The van der Waals surface area contributed by atoms with Crippen LogP contribution in [-0.4, -0.2) is 124 Å². The van der Waals surface area contributed by atoms with Crippen LogP contribution in [0.3, 0.4) is 0 Å². The molecule has 3 aliphatic heterocycles. The van der Waals surface area contributed by atoms with Crippen LogP contribution in [0.2, 0.25) is 0 Å². The molecule has 6 atom stereocenters. The molecule has 2 fully saturated rings. The van der Waals surface area contributed by atoms with Gasteiger partial charge in [-0.15, -0.1) is 0 Å². The number of alkyl carbamates (subject to hydrolysis) is 2. The van der Waals surface area contributed by atoms with E-state index >= 15 is 4.39 Å². The molecule has 6 unspecified atom stereocenters. The number of alkyl halides is 1. The number of halogens is 1. The van der Waals surface area contributed by atoms with Gasteiger partial charge in [-0.05, 0) is 67.1 Å². The summed E-state index contributed by atoms with van der Waals surface area (Å²) in [5, 5.41) is 6.26. The molecule has 3 aromatic heterocycles. The molecule has 9 rings (SSSR count). The van der Waals surface area contributed by atoms with Gasteiger partial charge in [0.25, 0.3) is 0 Å². The number of fused-ring (bicyclic) bond motifs is 5. The molecular weight excluding hydrogens is 926 g/mol. The first-order valence-electron chi connectivity index (χ1n) is 24.5. The number of hydrogen-bond donors (Lipinski definition) is 4. The number of likely N-dealkylation sites (tertiary alicyclic amines) is 2. The minimum Gasteiger partial charge on any atom is -0.493 e. The number of aromatic nitrogens is 5. The van der Waals surface area contributed by atoms with Gasteiger partial charge in [-0.25, -0.2) is 23.9 Å². The van der Waals surface area contributed by atoms with Crippen molar-refractivity contribution in [2.75, 3.05) is 47.6 Å². The molecule has 380 valence electrons. The molecule has 4 amide bonds. The molecule has 6 heterocycles. The second kappa shape index (κ2) is 21.1. The minimum atomic E-state index is -1.27. The maximum Gasteiger partial charge on any atom is 0.407 e. The molecule has 0 bridgehead atoms. The first-order valence-corrected chi connectivity index (χ1v) is 24.5. The molecule has 6 aromatic rings. The lowest BCUT2D eigenvalue weighted by molar-refractivity contribution is -0.136. The molecule has 4 N–H and O–H groups in total. The van der Waals surface area contributed by atoms with E-state index in [2.05, 4.69) is 42.3 Å². The van der Waals surface area contributed by atoms with E-state index in [0.29, 0.717) is 48.6 Å². The number of nitrogens with one attached hydrogen (secondary N) is 4. The lowest BCUT2D eigenvalue weighted by atomic mass is 10.0. The Morgan fingerprint density at radius 1 is 0.792 bits per heavy atom. The maximum absolute atomic E-state index is 15.1. The van der Waals surface area contributed by atoms with E-state index in [-0.39, 0.29) is 36.8 Å². The molecule has 3 aromatic carbocycles. The van der Waals surface area contributed by atoms with E-state index in [4.69, 9.17) is 28.7 Å². The number of H-pyrrole nitrogens is 2. The van der Waals surface area contributed by atoms with Gasteiger partial charge < -0.3 is 58.7 Å². The smallest absolute Gasteiger partial charge is 0.407 e. The van der Waals surface area contributed by atoms with E-state index < -0.39 is 48.6 Å². The molecule has 0 saturated carbocycles. The van der Waals surface area contributed by atoms with E-state index in [0.717, 1.165) is 63.8 Å². The third-order valence-corrected chi connectivity index (χ3v) is 13.8. The molecule has 72 heavy (non-hydrogen) atoms. The number of carbonyl (C=O) groups excluding carboxylic acids is 4. The molecule has 0 aliphatic carbocycles. The van der Waals surface area contributed by atoms with Crippen LogP contribution >= 0.6 is 0 Å². The quantitative estimate of drug-likeness (QED) is 0.0677. The Balaban J connectivity index is 1.03. The number of amides is 4. The van der Waals surface area contributed by atoms with Crippen molar-refractivity contribution in [3.05, 3.63) is 96.3 Å². The van der Waals surface area contributed by atoms with Crippen molar-refractivity contribution in [2.45, 2.75) is 89.9 Å². The summed E-state index contributed by atoms with van der Waals surface area (Å²) >= 11 is 0. The molecule has 0 radical (unpaired) electrons. The third-order valence-electron chi connectivity index (χ3n) is 13.8. The van der Waals surface area contributed by atoms with Crippen molar-refractivity contribution in [1.29, 1.82) is 0 Å². The number of nitrogens with zero attached hydrogens (tertiary/aromatic N) is 5. The number of rotatable bonds is 16. The fourth-order valence-corrected chi connectivity index (χ4v) is 10.1. The summed E-state index contributed by atoms with van der Waals surface area (Å²) in [6.07, 6.45) is 2.53. The molecule has 19 heteroatoms. The topological polar surface area (TPSA) is 207 Å². The average Bonchev–Trinajstić information content (AvgIpc) is 4.25. The van der Waals surface area contributed by atoms with Gasteiger partial charge >= 0.3 is 12.2 Å². The van der Waals surface area contributed by atoms with Crippen LogP contribution in [0.25, 0.3) is 44.7 Å². The largest absolute Gasteiger partial charge is 0.493 e. The first-order chi connectivity index (χ1) is 34.8. The lowest BCUT2D eigenvalue weighted by Crippen LogP contribution is -2.51.